The molecular weight excluding hydrogens is 308 g/mol. The van der Waals surface area contributed by atoms with E-state index < -0.39 is 5.66 Å². The molecule has 0 atom stereocenters. The summed E-state index contributed by atoms with van der Waals surface area (Å²) in [6.45, 7) is 8.96. The molecule has 0 amide bonds. The van der Waals surface area contributed by atoms with Gasteiger partial charge in [0.05, 0.1) is 13.1 Å². The maximum absolute atomic E-state index is 5.91. The number of nitrogens with one attached hydrogen (secondary N) is 4. The molecule has 0 aromatic rings. The Hall–Kier alpha value is -2.52. The highest BCUT2D eigenvalue weighted by atomic mass is 15.4. The molecule has 134 valence electrons. The Balaban J connectivity index is 1.98. The Labute approximate surface area is 142 Å². The highest BCUT2D eigenvalue weighted by molar-refractivity contribution is 6.01. The minimum absolute atomic E-state index is 0.315. The second kappa shape index (κ2) is 6.54. The van der Waals surface area contributed by atoms with Crippen molar-refractivity contribution < 1.29 is 0 Å². The highest BCUT2D eigenvalue weighted by Crippen LogP contribution is 2.10. The number of guanidine groups is 4. The Morgan fingerprint density at radius 1 is 1.04 bits per heavy atom. The molecule has 10 nitrogen and oxygen atoms in total. The van der Waals surface area contributed by atoms with Gasteiger partial charge in [-0.05, 0) is 27.7 Å². The van der Waals surface area contributed by atoms with Crippen molar-refractivity contribution in [1.82, 2.24) is 26.2 Å². The molecule has 0 aliphatic carbocycles. The van der Waals surface area contributed by atoms with Crippen LogP contribution in [0.25, 0.3) is 0 Å². The average molecular weight is 336 g/mol. The van der Waals surface area contributed by atoms with E-state index in [1.54, 1.807) is 11.9 Å². The van der Waals surface area contributed by atoms with Crippen LogP contribution >= 0.6 is 0 Å². The topological polar surface area (TPSA) is 127 Å². The molecule has 0 saturated carbocycles. The van der Waals surface area contributed by atoms with Crippen LogP contribution < -0.4 is 27.0 Å². The first kappa shape index (κ1) is 17.8. The first-order valence-corrected chi connectivity index (χ1v) is 7.88. The fraction of sp³-hybridized carbons (Fsp3) is 0.714. The van der Waals surface area contributed by atoms with Gasteiger partial charge in [-0.2, -0.15) is 0 Å². The van der Waals surface area contributed by atoms with E-state index in [1.165, 1.54) is 0 Å². The molecule has 0 bridgehead atoms. The van der Waals surface area contributed by atoms with Crippen LogP contribution in [0.2, 0.25) is 0 Å². The number of nitrogens with zero attached hydrogens (tertiary/aromatic N) is 5. The second-order valence-corrected chi connectivity index (χ2v) is 6.72. The van der Waals surface area contributed by atoms with E-state index in [2.05, 4.69) is 41.2 Å². The summed E-state index contributed by atoms with van der Waals surface area (Å²) in [4.78, 5) is 19.2. The highest BCUT2D eigenvalue weighted by Gasteiger charge is 2.28. The summed E-state index contributed by atoms with van der Waals surface area (Å²) in [5.74, 6) is 2.49. The quantitative estimate of drug-likeness (QED) is 0.412. The molecule has 0 aromatic heterocycles. The van der Waals surface area contributed by atoms with E-state index in [1.807, 2.05) is 34.7 Å². The summed E-state index contributed by atoms with van der Waals surface area (Å²) in [5, 5.41) is 12.8. The maximum Gasteiger partial charge on any atom is 0.202 e. The summed E-state index contributed by atoms with van der Waals surface area (Å²) in [6.07, 6.45) is 0. The lowest BCUT2D eigenvalue weighted by molar-refractivity contribution is 0.404. The molecule has 10 heteroatoms. The van der Waals surface area contributed by atoms with Crippen molar-refractivity contribution in [3.63, 3.8) is 0 Å². The maximum atomic E-state index is 5.91. The molecule has 6 N–H and O–H groups in total. The average Bonchev–Trinajstić information content (AvgIpc) is 2.46. The predicted octanol–water partition coefficient (Wildman–Crippen LogP) is -1.21. The number of aliphatic imine (C=N–C) groups is 4. The zero-order valence-corrected chi connectivity index (χ0v) is 15.2. The van der Waals surface area contributed by atoms with Gasteiger partial charge >= 0.3 is 0 Å². The standard InChI is InChI=1S/C14H28N10/c1-13(2)20-9(15)24(6)12(23-13)18-8-7-17-11-19-10(16-5)21-14(3,4)22-11/h7-8H2,1-6H3,(H2,15,20)(H,18,23)(H3,16,17,19,21,22). The van der Waals surface area contributed by atoms with Gasteiger partial charge in [-0.1, -0.05) is 0 Å². The second-order valence-electron chi connectivity index (χ2n) is 6.72. The van der Waals surface area contributed by atoms with Crippen LogP contribution in [0.1, 0.15) is 27.7 Å². The fourth-order valence-electron chi connectivity index (χ4n) is 2.31. The molecule has 0 unspecified atom stereocenters. The Bertz CT molecular complexity index is 599. The van der Waals surface area contributed by atoms with Gasteiger partial charge in [-0.15, -0.1) is 0 Å². The van der Waals surface area contributed by atoms with Gasteiger partial charge in [-0.3, -0.25) is 25.2 Å². The molecule has 2 aliphatic heterocycles. The molecule has 2 heterocycles. The molecule has 0 radical (unpaired) electrons. The fourth-order valence-corrected chi connectivity index (χ4v) is 2.31. The number of hydrogen-bond acceptors (Lipinski definition) is 5. The molecule has 24 heavy (non-hydrogen) atoms. The summed E-state index contributed by atoms with van der Waals surface area (Å²) >= 11 is 0. The molecule has 2 aliphatic rings. The van der Waals surface area contributed by atoms with Crippen LogP contribution in [-0.4, -0.2) is 67.2 Å². The van der Waals surface area contributed by atoms with Crippen molar-refractivity contribution in [1.29, 1.82) is 0 Å². The lowest BCUT2D eigenvalue weighted by Crippen LogP contribution is -2.68. The largest absolute Gasteiger partial charge is 0.369 e. The number of hydrogen-bond donors (Lipinski definition) is 5. The third-order valence-electron chi connectivity index (χ3n) is 3.43. The van der Waals surface area contributed by atoms with Gasteiger partial charge < -0.3 is 21.7 Å². The van der Waals surface area contributed by atoms with Crippen LogP contribution in [0, 0.1) is 0 Å². The molecule has 1 fully saturated rings. The zero-order valence-electron chi connectivity index (χ0n) is 15.2. The van der Waals surface area contributed by atoms with Crippen molar-refractivity contribution >= 4 is 23.8 Å². The van der Waals surface area contributed by atoms with Crippen LogP contribution in [-0.2, 0) is 0 Å². The Morgan fingerprint density at radius 3 is 2.33 bits per heavy atom. The first-order chi connectivity index (χ1) is 11.1. The van der Waals surface area contributed by atoms with Gasteiger partial charge in [-0.25, -0.2) is 4.99 Å². The third kappa shape index (κ3) is 4.49. The first-order valence-electron chi connectivity index (χ1n) is 7.88. The van der Waals surface area contributed by atoms with Gasteiger partial charge in [0, 0.05) is 14.1 Å². The van der Waals surface area contributed by atoms with Crippen molar-refractivity contribution in [2.24, 2.45) is 25.7 Å². The smallest absolute Gasteiger partial charge is 0.202 e. The minimum Gasteiger partial charge on any atom is -0.369 e. The summed E-state index contributed by atoms with van der Waals surface area (Å²) in [6, 6.07) is 0. The lowest BCUT2D eigenvalue weighted by Gasteiger charge is -2.36. The van der Waals surface area contributed by atoms with Gasteiger partial charge in [0.25, 0.3) is 0 Å². The SMILES string of the molecule is CN=C1NC(=NCCN=C2NC(C)(C)N=C(N)N2C)NC(C)(C)N1. The van der Waals surface area contributed by atoms with E-state index in [4.69, 9.17) is 5.73 Å². The van der Waals surface area contributed by atoms with Crippen molar-refractivity contribution in [3.8, 4) is 0 Å². The Morgan fingerprint density at radius 2 is 1.67 bits per heavy atom. The zero-order chi connectivity index (χ0) is 18.0. The van der Waals surface area contributed by atoms with Crippen LogP contribution in [0.4, 0.5) is 0 Å². The predicted molar refractivity (Wildman–Crippen MR) is 98.0 cm³/mol. The summed E-state index contributed by atoms with van der Waals surface area (Å²) < 4.78 is 0. The van der Waals surface area contributed by atoms with E-state index in [0.29, 0.717) is 36.9 Å². The molecule has 0 spiro atoms. The summed E-state index contributed by atoms with van der Waals surface area (Å²) in [5.41, 5.74) is 5.14. The van der Waals surface area contributed by atoms with E-state index >= 15 is 0 Å². The van der Waals surface area contributed by atoms with E-state index in [-0.39, 0.29) is 5.66 Å². The normalized spacial score (nSPS) is 27.2. The van der Waals surface area contributed by atoms with Crippen molar-refractivity contribution in [2.45, 2.75) is 39.0 Å². The van der Waals surface area contributed by atoms with Crippen LogP contribution in [0.15, 0.2) is 20.0 Å². The van der Waals surface area contributed by atoms with Gasteiger partial charge in [0.2, 0.25) is 5.96 Å². The third-order valence-corrected chi connectivity index (χ3v) is 3.43. The molecule has 2 rings (SSSR count). The van der Waals surface area contributed by atoms with Gasteiger partial charge in [0.15, 0.2) is 17.9 Å². The van der Waals surface area contributed by atoms with Crippen LogP contribution in [0.5, 0.6) is 0 Å². The van der Waals surface area contributed by atoms with Crippen molar-refractivity contribution in [2.75, 3.05) is 27.2 Å². The lowest BCUT2D eigenvalue weighted by atomic mass is 10.2. The van der Waals surface area contributed by atoms with E-state index in [9.17, 15) is 0 Å². The monoisotopic (exact) mass is 336 g/mol. The summed E-state index contributed by atoms with van der Waals surface area (Å²) in [7, 11) is 3.55. The molecule has 0 aromatic carbocycles. The molecule has 1 saturated heterocycles. The van der Waals surface area contributed by atoms with E-state index in [0.717, 1.165) is 0 Å². The van der Waals surface area contributed by atoms with Crippen LogP contribution in [0.3, 0.4) is 0 Å². The number of nitrogens with two attached hydrogens (primary N) is 1. The Kier molecular flexibility index (Phi) is 4.86. The van der Waals surface area contributed by atoms with Gasteiger partial charge in [0.1, 0.15) is 11.3 Å². The molecular formula is C14H28N10. The number of rotatable bonds is 3. The van der Waals surface area contributed by atoms with Crippen molar-refractivity contribution in [3.05, 3.63) is 0 Å². The minimum atomic E-state index is -0.462.